The first-order valence-corrected chi connectivity index (χ1v) is 9.63. The molecule has 0 aromatic heterocycles. The van der Waals surface area contributed by atoms with Crippen LogP contribution >= 0.6 is 0 Å². The Balaban J connectivity index is 2.97. The zero-order valence-corrected chi connectivity index (χ0v) is 14.8. The number of hydrogen-bond acceptors (Lipinski definition) is 2. The molecule has 0 aromatic rings. The molecule has 0 aliphatic heterocycles. The smallest absolute Gasteiger partial charge is 0.118 e. The third kappa shape index (κ3) is 17.9. The van der Waals surface area contributed by atoms with Crippen molar-refractivity contribution in [1.29, 1.82) is 0 Å². The van der Waals surface area contributed by atoms with Crippen molar-refractivity contribution in [2.75, 3.05) is 19.9 Å². The largest absolute Gasteiger partial charge is 0.388 e. The molecule has 0 spiro atoms. The van der Waals surface area contributed by atoms with Crippen LogP contribution in [0.1, 0.15) is 96.8 Å². The summed E-state index contributed by atoms with van der Waals surface area (Å²) in [7, 11) is 0. The molecule has 0 aliphatic carbocycles. The molecule has 22 heavy (non-hydrogen) atoms. The molecule has 0 fully saturated rings. The van der Waals surface area contributed by atoms with Gasteiger partial charge < -0.3 is 9.84 Å². The van der Waals surface area contributed by atoms with E-state index in [9.17, 15) is 4.39 Å². The van der Waals surface area contributed by atoms with Crippen LogP contribution in [0.5, 0.6) is 0 Å². The average Bonchev–Trinajstić information content (AvgIpc) is 2.54. The molecule has 1 atom stereocenters. The zero-order chi connectivity index (χ0) is 16.3. The quantitative estimate of drug-likeness (QED) is 0.323. The van der Waals surface area contributed by atoms with Gasteiger partial charge in [-0.25, -0.2) is 4.39 Å². The van der Waals surface area contributed by atoms with Crippen molar-refractivity contribution in [2.45, 2.75) is 103 Å². The monoisotopic (exact) mass is 318 g/mol. The van der Waals surface area contributed by atoms with E-state index in [0.717, 1.165) is 6.42 Å². The van der Waals surface area contributed by atoms with Gasteiger partial charge in [0.2, 0.25) is 0 Å². The van der Waals surface area contributed by atoms with Gasteiger partial charge in [-0.15, -0.1) is 0 Å². The fourth-order valence-electron chi connectivity index (χ4n) is 2.66. The Morgan fingerprint density at radius 2 is 1.14 bits per heavy atom. The summed E-state index contributed by atoms with van der Waals surface area (Å²) in [5.74, 6) is 0. The van der Waals surface area contributed by atoms with Crippen molar-refractivity contribution in [2.24, 2.45) is 0 Å². The van der Waals surface area contributed by atoms with Crippen LogP contribution in [0.15, 0.2) is 0 Å². The van der Waals surface area contributed by atoms with Gasteiger partial charge in [0.05, 0.1) is 6.61 Å². The lowest BCUT2D eigenvalue weighted by atomic mass is 10.0. The van der Waals surface area contributed by atoms with E-state index < -0.39 is 12.8 Å². The second-order valence-corrected chi connectivity index (χ2v) is 6.48. The Labute approximate surface area is 137 Å². The van der Waals surface area contributed by atoms with E-state index in [0.29, 0.717) is 6.61 Å². The van der Waals surface area contributed by atoms with E-state index in [1.54, 1.807) is 0 Å². The van der Waals surface area contributed by atoms with E-state index >= 15 is 0 Å². The highest BCUT2D eigenvalue weighted by atomic mass is 19.1. The molecular weight excluding hydrogens is 279 g/mol. The summed E-state index contributed by atoms with van der Waals surface area (Å²) in [4.78, 5) is 0. The summed E-state index contributed by atoms with van der Waals surface area (Å²) >= 11 is 0. The van der Waals surface area contributed by atoms with Crippen molar-refractivity contribution in [3.8, 4) is 0 Å². The Morgan fingerprint density at radius 3 is 1.55 bits per heavy atom. The van der Waals surface area contributed by atoms with Gasteiger partial charge in [-0.05, 0) is 6.42 Å². The Kier molecular flexibility index (Phi) is 18.8. The number of rotatable bonds is 18. The standard InChI is InChI=1S/C19H39FO2/c1-2-3-4-5-6-7-8-9-10-11-12-13-14-15-16-22-18-19(21)17-20/h19,21H,2-18H2,1H3. The molecule has 0 radical (unpaired) electrons. The SMILES string of the molecule is CCCCCCCCCCCCCCCCOCC(O)CF. The van der Waals surface area contributed by atoms with E-state index in [2.05, 4.69) is 6.92 Å². The minimum absolute atomic E-state index is 0.134. The van der Waals surface area contributed by atoms with Crippen LogP contribution in [-0.4, -0.2) is 31.1 Å². The molecule has 0 aliphatic rings. The minimum Gasteiger partial charge on any atom is -0.388 e. The van der Waals surface area contributed by atoms with Gasteiger partial charge in [0.15, 0.2) is 0 Å². The first-order valence-electron chi connectivity index (χ1n) is 9.63. The predicted molar refractivity (Wildman–Crippen MR) is 93.1 cm³/mol. The number of aliphatic hydroxyl groups excluding tert-OH is 1. The molecule has 3 heteroatoms. The molecule has 0 aromatic carbocycles. The van der Waals surface area contributed by atoms with Gasteiger partial charge >= 0.3 is 0 Å². The molecule has 134 valence electrons. The zero-order valence-electron chi connectivity index (χ0n) is 14.8. The maximum Gasteiger partial charge on any atom is 0.118 e. The van der Waals surface area contributed by atoms with Crippen LogP contribution in [0.25, 0.3) is 0 Å². The van der Waals surface area contributed by atoms with Crippen LogP contribution < -0.4 is 0 Å². The summed E-state index contributed by atoms with van der Waals surface area (Å²) in [6.07, 6.45) is 17.9. The predicted octanol–water partition coefficient (Wildman–Crippen LogP) is 5.81. The summed E-state index contributed by atoms with van der Waals surface area (Å²) in [6, 6.07) is 0. The molecule has 0 saturated carbocycles. The molecule has 1 unspecified atom stereocenters. The molecule has 2 nitrogen and oxygen atoms in total. The van der Waals surface area contributed by atoms with E-state index in [-0.39, 0.29) is 6.61 Å². The van der Waals surface area contributed by atoms with Crippen LogP contribution in [0.4, 0.5) is 4.39 Å². The lowest BCUT2D eigenvalue weighted by Gasteiger charge is -2.07. The molecule has 0 saturated heterocycles. The Hall–Kier alpha value is -0.150. The van der Waals surface area contributed by atoms with Gasteiger partial charge in [0, 0.05) is 6.61 Å². The normalized spacial score (nSPS) is 12.7. The van der Waals surface area contributed by atoms with Crippen LogP contribution in [0, 0.1) is 0 Å². The number of ether oxygens (including phenoxy) is 1. The molecule has 0 amide bonds. The second kappa shape index (κ2) is 18.9. The van der Waals surface area contributed by atoms with Gasteiger partial charge in [-0.3, -0.25) is 0 Å². The van der Waals surface area contributed by atoms with E-state index in [4.69, 9.17) is 9.84 Å². The maximum absolute atomic E-state index is 12.0. The highest BCUT2D eigenvalue weighted by Crippen LogP contribution is 2.12. The van der Waals surface area contributed by atoms with E-state index in [1.807, 2.05) is 0 Å². The summed E-state index contributed by atoms with van der Waals surface area (Å²) in [5, 5.41) is 8.97. The first-order chi connectivity index (χ1) is 10.8. The summed E-state index contributed by atoms with van der Waals surface area (Å²) < 4.78 is 17.2. The van der Waals surface area contributed by atoms with Crippen LogP contribution in [0.3, 0.4) is 0 Å². The number of unbranched alkanes of at least 4 members (excludes halogenated alkanes) is 13. The second-order valence-electron chi connectivity index (χ2n) is 6.48. The Bertz CT molecular complexity index is 200. The molecule has 0 heterocycles. The molecule has 1 N–H and O–H groups in total. The van der Waals surface area contributed by atoms with Gasteiger partial charge in [0.1, 0.15) is 12.8 Å². The topological polar surface area (TPSA) is 29.5 Å². The fraction of sp³-hybridized carbons (Fsp3) is 1.00. The minimum atomic E-state index is -0.938. The molecule has 0 rings (SSSR count). The third-order valence-corrected chi connectivity index (χ3v) is 4.13. The van der Waals surface area contributed by atoms with Gasteiger partial charge in [-0.1, -0.05) is 90.4 Å². The Morgan fingerprint density at radius 1 is 0.727 bits per heavy atom. The highest BCUT2D eigenvalue weighted by molar-refractivity contribution is 4.51. The molecular formula is C19H39FO2. The average molecular weight is 319 g/mol. The fourth-order valence-corrected chi connectivity index (χ4v) is 2.66. The van der Waals surface area contributed by atoms with Crippen molar-refractivity contribution in [3.63, 3.8) is 0 Å². The van der Waals surface area contributed by atoms with Crippen LogP contribution in [-0.2, 0) is 4.74 Å². The summed E-state index contributed by atoms with van der Waals surface area (Å²) in [5.41, 5.74) is 0. The van der Waals surface area contributed by atoms with Gasteiger partial charge in [0.25, 0.3) is 0 Å². The van der Waals surface area contributed by atoms with Crippen molar-refractivity contribution < 1.29 is 14.2 Å². The van der Waals surface area contributed by atoms with Crippen molar-refractivity contribution in [3.05, 3.63) is 0 Å². The highest BCUT2D eigenvalue weighted by Gasteiger charge is 2.01. The van der Waals surface area contributed by atoms with E-state index in [1.165, 1.54) is 83.5 Å². The number of alkyl halides is 1. The van der Waals surface area contributed by atoms with Crippen LogP contribution in [0.2, 0.25) is 0 Å². The number of aliphatic hydroxyl groups is 1. The lowest BCUT2D eigenvalue weighted by molar-refractivity contribution is 0.0228. The summed E-state index contributed by atoms with van der Waals surface area (Å²) in [6.45, 7) is 2.34. The molecule has 0 bridgehead atoms. The number of hydrogen-bond donors (Lipinski definition) is 1. The lowest BCUT2D eigenvalue weighted by Crippen LogP contribution is -2.17. The van der Waals surface area contributed by atoms with Gasteiger partial charge in [-0.2, -0.15) is 0 Å². The van der Waals surface area contributed by atoms with Crippen molar-refractivity contribution in [1.82, 2.24) is 0 Å². The first kappa shape index (κ1) is 21.9. The number of halogens is 1. The maximum atomic E-state index is 12.0. The third-order valence-electron chi connectivity index (χ3n) is 4.13. The van der Waals surface area contributed by atoms with Crippen molar-refractivity contribution >= 4 is 0 Å².